The van der Waals surface area contributed by atoms with Crippen LogP contribution in [0.2, 0.25) is 0 Å². The molecule has 282 valence electrons. The fraction of sp³-hybridized carbons (Fsp3) is 0.400. The van der Waals surface area contributed by atoms with Crippen molar-refractivity contribution in [1.29, 1.82) is 0 Å². The fourth-order valence-corrected chi connectivity index (χ4v) is 13.6. The molecule has 0 saturated heterocycles. The number of hydrogen-bond donors (Lipinski definition) is 3. The van der Waals surface area contributed by atoms with E-state index < -0.39 is 59.6 Å². The number of sulfone groups is 3. The van der Waals surface area contributed by atoms with Gasteiger partial charge >= 0.3 is 0 Å². The number of aryl methyl sites for hydroxylation is 6. The molecular weight excluding hydrogens is 787 g/mol. The van der Waals surface area contributed by atoms with Gasteiger partial charge in [0.1, 0.15) is 0 Å². The van der Waals surface area contributed by atoms with Crippen LogP contribution in [0.5, 0.6) is 0 Å². The second-order valence-electron chi connectivity index (χ2n) is 12.6. The highest BCUT2D eigenvalue weighted by Crippen LogP contribution is 2.32. The van der Waals surface area contributed by atoms with Gasteiger partial charge in [-0.15, -0.1) is 0 Å². The lowest BCUT2D eigenvalue weighted by atomic mass is 10.1. The normalized spacial score (nSPS) is 18.7. The quantitative estimate of drug-likeness (QED) is 0.335. The third kappa shape index (κ3) is 9.25. The van der Waals surface area contributed by atoms with E-state index in [9.17, 15) is 50.5 Å². The summed E-state index contributed by atoms with van der Waals surface area (Å²) in [6.45, 7) is 4.84. The molecule has 0 aromatic heterocycles. The van der Waals surface area contributed by atoms with Crippen molar-refractivity contribution in [1.82, 2.24) is 0 Å². The van der Waals surface area contributed by atoms with Crippen LogP contribution in [-0.4, -0.2) is 67.8 Å². The average Bonchev–Trinajstić information content (AvgIpc) is 2.94. The Morgan fingerprint density at radius 3 is 0.843 bits per heavy atom. The van der Waals surface area contributed by atoms with Crippen LogP contribution < -0.4 is 15.4 Å². The molecular formula is C30H39N3O12S6. The second-order valence-corrected chi connectivity index (χ2v) is 23.4. The van der Waals surface area contributed by atoms with Crippen LogP contribution in [-0.2, 0) is 78.8 Å². The SMILES string of the molecule is Cc1cc2c(cc1S(N)(=O)=O)S(=O)(=O)CCC2.Cc1cc2c(cc1S(N)(=O)=O)S(=O)(=O)CCC2.Cc1cc2c(cc1S(N)(=O)=O)S(=O)(=O)CCC2. The van der Waals surface area contributed by atoms with E-state index in [0.29, 0.717) is 71.9 Å². The summed E-state index contributed by atoms with van der Waals surface area (Å²) in [5.74, 6) is 0.188. The smallest absolute Gasteiger partial charge is 0.225 e. The lowest BCUT2D eigenvalue weighted by molar-refractivity contribution is 0.582. The van der Waals surface area contributed by atoms with Crippen LogP contribution in [0, 0.1) is 20.8 Å². The Bertz CT molecular complexity index is 2310. The molecule has 0 radical (unpaired) electrons. The number of benzene rings is 3. The summed E-state index contributed by atoms with van der Waals surface area (Å²) >= 11 is 0. The molecule has 0 spiro atoms. The molecule has 21 heteroatoms. The lowest BCUT2D eigenvalue weighted by Gasteiger charge is -2.18. The summed E-state index contributed by atoms with van der Waals surface area (Å²) in [6.07, 6.45) is 3.68. The van der Waals surface area contributed by atoms with Gasteiger partial charge in [-0.25, -0.2) is 65.9 Å². The highest BCUT2D eigenvalue weighted by Gasteiger charge is 2.29. The summed E-state index contributed by atoms with van der Waals surface area (Å²) in [7, 11) is -21.7. The minimum Gasteiger partial charge on any atom is -0.225 e. The topological polar surface area (TPSA) is 283 Å². The average molecular weight is 826 g/mol. The van der Waals surface area contributed by atoms with Gasteiger partial charge in [-0.2, -0.15) is 0 Å². The van der Waals surface area contributed by atoms with Crippen molar-refractivity contribution in [2.45, 2.75) is 88.7 Å². The van der Waals surface area contributed by atoms with Crippen LogP contribution >= 0.6 is 0 Å². The van der Waals surface area contributed by atoms with Gasteiger partial charge in [-0.05, 0) is 111 Å². The molecule has 0 atom stereocenters. The number of rotatable bonds is 3. The summed E-state index contributed by atoms with van der Waals surface area (Å²) in [4.78, 5) is 0.000278. The Hall–Kier alpha value is -2.76. The molecule has 0 bridgehead atoms. The van der Waals surface area contributed by atoms with Gasteiger partial charge in [0.15, 0.2) is 29.5 Å². The maximum absolute atomic E-state index is 11.8. The van der Waals surface area contributed by atoms with Gasteiger partial charge in [0, 0.05) is 0 Å². The molecule has 0 amide bonds. The van der Waals surface area contributed by atoms with Crippen molar-refractivity contribution in [2.75, 3.05) is 17.3 Å². The highest BCUT2D eigenvalue weighted by atomic mass is 32.2. The first kappa shape index (κ1) is 41.0. The maximum atomic E-state index is 11.8. The predicted octanol–water partition coefficient (Wildman–Crippen LogP) is 1.09. The van der Waals surface area contributed by atoms with Gasteiger partial charge in [-0.3, -0.25) is 0 Å². The second kappa shape index (κ2) is 14.2. The molecule has 3 aromatic carbocycles. The molecule has 0 aliphatic carbocycles. The van der Waals surface area contributed by atoms with E-state index in [2.05, 4.69) is 0 Å². The molecule has 15 nitrogen and oxygen atoms in total. The Kier molecular flexibility index (Phi) is 11.4. The Balaban J connectivity index is 0.000000172. The molecule has 3 heterocycles. The Morgan fingerprint density at radius 1 is 0.431 bits per heavy atom. The summed E-state index contributed by atoms with van der Waals surface area (Å²) in [5.41, 5.74) is 3.51. The van der Waals surface area contributed by atoms with Crippen LogP contribution in [0.4, 0.5) is 0 Å². The van der Waals surface area contributed by atoms with E-state index in [4.69, 9.17) is 15.4 Å². The van der Waals surface area contributed by atoms with Crippen LogP contribution in [0.3, 0.4) is 0 Å². The number of sulfonamides is 3. The van der Waals surface area contributed by atoms with Crippen molar-refractivity contribution >= 4 is 59.6 Å². The van der Waals surface area contributed by atoms with Gasteiger partial charge in [0.2, 0.25) is 30.1 Å². The number of nitrogens with two attached hydrogens (primary N) is 3. The lowest BCUT2D eigenvalue weighted by Crippen LogP contribution is -2.20. The standard InChI is InChI=1S/3C10H13NO4S2/c3*1-7-5-8-3-2-4-16(12,13)10(8)6-9(7)17(11,14)15/h3*5-6H,2-4H2,1H3,(H2,11,14,15). The van der Waals surface area contributed by atoms with Crippen molar-refractivity contribution in [3.8, 4) is 0 Å². The third-order valence-electron chi connectivity index (χ3n) is 8.58. The van der Waals surface area contributed by atoms with E-state index in [1.807, 2.05) is 0 Å². The monoisotopic (exact) mass is 825 g/mol. The molecule has 51 heavy (non-hydrogen) atoms. The molecule has 3 aliphatic rings. The Morgan fingerprint density at radius 2 is 0.647 bits per heavy atom. The molecule has 0 unspecified atom stereocenters. The first-order chi connectivity index (χ1) is 23.1. The van der Waals surface area contributed by atoms with E-state index in [0.717, 1.165) is 0 Å². The number of primary sulfonamides is 3. The van der Waals surface area contributed by atoms with E-state index in [-0.39, 0.29) is 46.6 Å². The zero-order chi connectivity index (χ0) is 38.5. The van der Waals surface area contributed by atoms with Gasteiger partial charge < -0.3 is 0 Å². The minimum atomic E-state index is -3.88. The van der Waals surface area contributed by atoms with E-state index in [1.165, 1.54) is 18.2 Å². The van der Waals surface area contributed by atoms with Gasteiger partial charge in [0.05, 0.1) is 46.6 Å². The Labute approximate surface area is 299 Å². The van der Waals surface area contributed by atoms with Gasteiger partial charge in [0.25, 0.3) is 0 Å². The predicted molar refractivity (Wildman–Crippen MR) is 189 cm³/mol. The summed E-state index contributed by atoms with van der Waals surface area (Å²) in [5, 5.41) is 15.2. The zero-order valence-electron chi connectivity index (χ0n) is 27.9. The first-order valence-corrected chi connectivity index (χ1v) is 24.9. The summed E-state index contributed by atoms with van der Waals surface area (Å²) < 4.78 is 139. The molecule has 0 saturated carbocycles. The molecule has 3 aliphatic heterocycles. The van der Waals surface area contributed by atoms with Crippen molar-refractivity contribution in [3.05, 3.63) is 69.8 Å². The summed E-state index contributed by atoms with van der Waals surface area (Å²) in [6, 6.07) is 8.38. The van der Waals surface area contributed by atoms with Crippen LogP contribution in [0.15, 0.2) is 65.8 Å². The van der Waals surface area contributed by atoms with Crippen LogP contribution in [0.25, 0.3) is 0 Å². The third-order valence-corrected chi connectivity index (χ3v) is 17.4. The van der Waals surface area contributed by atoms with Crippen molar-refractivity contribution in [3.63, 3.8) is 0 Å². The molecule has 6 rings (SSSR count). The van der Waals surface area contributed by atoms with Crippen molar-refractivity contribution < 1.29 is 50.5 Å². The number of fused-ring (bicyclic) bond motifs is 3. The number of hydrogen-bond acceptors (Lipinski definition) is 12. The fourth-order valence-electron chi connectivity index (χ4n) is 6.25. The van der Waals surface area contributed by atoms with E-state index in [1.54, 1.807) is 39.0 Å². The minimum absolute atomic E-state index is 0.0626. The van der Waals surface area contributed by atoms with Crippen LogP contribution in [0.1, 0.15) is 52.6 Å². The highest BCUT2D eigenvalue weighted by molar-refractivity contribution is 7.92. The maximum Gasteiger partial charge on any atom is 0.238 e. The largest absolute Gasteiger partial charge is 0.238 e. The zero-order valence-corrected chi connectivity index (χ0v) is 32.8. The van der Waals surface area contributed by atoms with Gasteiger partial charge in [-0.1, -0.05) is 18.2 Å². The molecule has 3 aromatic rings. The van der Waals surface area contributed by atoms with E-state index >= 15 is 0 Å². The molecule has 0 fully saturated rings. The first-order valence-electron chi connectivity index (χ1n) is 15.3. The molecule has 6 N–H and O–H groups in total. The van der Waals surface area contributed by atoms with Crippen molar-refractivity contribution in [2.24, 2.45) is 15.4 Å².